The molecule has 0 heterocycles. The molecule has 0 atom stereocenters. The molecule has 0 N–H and O–H groups in total. The quantitative estimate of drug-likeness (QED) is 0.246. The molecule has 0 saturated heterocycles. The minimum Gasteiger partial charge on any atom is -0.491 e. The van der Waals surface area contributed by atoms with Crippen LogP contribution in [-0.4, -0.2) is 13.3 Å². The van der Waals surface area contributed by atoms with Gasteiger partial charge in [0.2, 0.25) is 5.82 Å². The third-order valence-electron chi connectivity index (χ3n) is 8.39. The average molecular weight is 503 g/mol. The molecule has 0 bridgehead atoms. The predicted molar refractivity (Wildman–Crippen MR) is 137 cm³/mol. The zero-order chi connectivity index (χ0) is 25.5. The van der Waals surface area contributed by atoms with Crippen LogP contribution in [0.15, 0.2) is 42.5 Å². The van der Waals surface area contributed by atoms with E-state index in [1.807, 2.05) is 12.1 Å². The van der Waals surface area contributed by atoms with Crippen LogP contribution >= 0.6 is 0 Å². The first kappa shape index (κ1) is 26.8. The summed E-state index contributed by atoms with van der Waals surface area (Å²) < 4.78 is 60.9. The number of aryl methyl sites for hydroxylation is 2. The number of benzene rings is 2. The van der Waals surface area contributed by atoms with Crippen LogP contribution in [0.3, 0.4) is 0 Å². The largest absolute Gasteiger partial charge is 0.491 e. The molecule has 0 aromatic heterocycles. The van der Waals surface area contributed by atoms with Crippen LogP contribution in [0.5, 0.6) is 5.75 Å². The minimum absolute atomic E-state index is 0.0950. The number of hydrogen-bond acceptors (Lipinski definition) is 1. The van der Waals surface area contributed by atoms with Gasteiger partial charge in [0.15, 0.2) is 11.6 Å². The molecule has 4 rings (SSSR count). The Balaban J connectivity index is 1.28. The number of rotatable bonds is 9. The summed E-state index contributed by atoms with van der Waals surface area (Å²) in [5.41, 5.74) is 1.80. The third kappa shape index (κ3) is 6.52. The Kier molecular flexibility index (Phi) is 9.50. The Morgan fingerprint density at radius 3 is 2.08 bits per heavy atom. The van der Waals surface area contributed by atoms with Crippen molar-refractivity contribution < 1.29 is 22.3 Å². The molecule has 0 aliphatic heterocycles. The molecular formula is C31H38F4O. The normalized spacial score (nSPS) is 24.8. The van der Waals surface area contributed by atoms with Crippen molar-refractivity contribution in [1.82, 2.24) is 0 Å². The van der Waals surface area contributed by atoms with Gasteiger partial charge in [0.05, 0.1) is 6.61 Å². The maximum absolute atomic E-state index is 14.9. The van der Waals surface area contributed by atoms with Crippen LogP contribution in [0, 0.1) is 35.2 Å². The van der Waals surface area contributed by atoms with Gasteiger partial charge in [-0.3, -0.25) is 0 Å². The fourth-order valence-corrected chi connectivity index (χ4v) is 6.30. The van der Waals surface area contributed by atoms with E-state index in [-0.39, 0.29) is 36.8 Å². The van der Waals surface area contributed by atoms with Crippen LogP contribution in [0.4, 0.5) is 17.6 Å². The van der Waals surface area contributed by atoms with E-state index < -0.39 is 11.6 Å². The van der Waals surface area contributed by atoms with Crippen LogP contribution < -0.4 is 4.74 Å². The monoisotopic (exact) mass is 502 g/mol. The first-order valence-electron chi connectivity index (χ1n) is 13.6. The van der Waals surface area contributed by atoms with E-state index in [1.54, 1.807) is 19.1 Å². The Labute approximate surface area is 212 Å². The SMILES string of the molecule is CCOc1ccc(CCc2ccc(C3CCC(C4CCC(C=CCF)CC4)CC3)cc2F)c(F)c1F. The summed E-state index contributed by atoms with van der Waals surface area (Å²) in [7, 11) is 0. The number of hydrogen-bond donors (Lipinski definition) is 0. The number of allylic oxidation sites excluding steroid dienone is 2. The van der Waals surface area contributed by atoms with Crippen LogP contribution in [0.1, 0.15) is 80.9 Å². The van der Waals surface area contributed by atoms with Crippen molar-refractivity contribution in [1.29, 1.82) is 0 Å². The highest BCUT2D eigenvalue weighted by atomic mass is 19.2. The lowest BCUT2D eigenvalue weighted by Gasteiger charge is -2.37. The van der Waals surface area contributed by atoms with E-state index in [4.69, 9.17) is 4.74 Å². The van der Waals surface area contributed by atoms with E-state index in [0.29, 0.717) is 23.8 Å². The third-order valence-corrected chi connectivity index (χ3v) is 8.39. The van der Waals surface area contributed by atoms with E-state index >= 15 is 0 Å². The van der Waals surface area contributed by atoms with Gasteiger partial charge in [-0.1, -0.05) is 30.4 Å². The second-order valence-corrected chi connectivity index (χ2v) is 10.5. The van der Waals surface area contributed by atoms with Gasteiger partial charge in [0, 0.05) is 0 Å². The zero-order valence-corrected chi connectivity index (χ0v) is 21.3. The second kappa shape index (κ2) is 12.8. The Hall–Kier alpha value is -2.30. The van der Waals surface area contributed by atoms with Crippen molar-refractivity contribution in [3.05, 3.63) is 76.6 Å². The summed E-state index contributed by atoms with van der Waals surface area (Å²) in [6.45, 7) is 1.61. The standard InChI is InChI=1S/C31H38F4O/c1-2-36-29-18-17-26(30(34)31(29)35)15-13-25-14-16-27(20-28(25)33)24-11-9-23(10-12-24)22-7-5-21(6-8-22)4-3-19-32/h3-4,14,16-18,20-24H,2,5-13,15,19H2,1H3. The van der Waals surface area contributed by atoms with Crippen molar-refractivity contribution >= 4 is 0 Å². The van der Waals surface area contributed by atoms with Gasteiger partial charge in [-0.25, -0.2) is 13.2 Å². The first-order chi connectivity index (χ1) is 17.5. The first-order valence-corrected chi connectivity index (χ1v) is 13.6. The summed E-state index contributed by atoms with van der Waals surface area (Å²) in [6.07, 6.45) is 13.6. The molecule has 1 nitrogen and oxygen atoms in total. The summed E-state index contributed by atoms with van der Waals surface area (Å²) >= 11 is 0. The molecule has 0 spiro atoms. The number of ether oxygens (including phenoxy) is 1. The lowest BCUT2D eigenvalue weighted by molar-refractivity contribution is 0.171. The highest BCUT2D eigenvalue weighted by molar-refractivity contribution is 5.33. The molecule has 2 saturated carbocycles. The molecule has 36 heavy (non-hydrogen) atoms. The lowest BCUT2D eigenvalue weighted by atomic mass is 9.68. The highest BCUT2D eigenvalue weighted by Crippen LogP contribution is 2.44. The van der Waals surface area contributed by atoms with Gasteiger partial charge < -0.3 is 4.74 Å². The van der Waals surface area contributed by atoms with Crippen molar-refractivity contribution in [2.45, 2.75) is 77.0 Å². The highest BCUT2D eigenvalue weighted by Gasteiger charge is 2.31. The Morgan fingerprint density at radius 1 is 0.806 bits per heavy atom. The molecule has 2 aromatic rings. The molecule has 2 aromatic carbocycles. The predicted octanol–water partition coefficient (Wildman–Crippen LogP) is 8.89. The van der Waals surface area contributed by atoms with Gasteiger partial charge in [0.25, 0.3) is 0 Å². The van der Waals surface area contributed by atoms with Gasteiger partial charge in [-0.2, -0.15) is 4.39 Å². The van der Waals surface area contributed by atoms with Crippen LogP contribution in [0.2, 0.25) is 0 Å². The molecule has 0 unspecified atom stereocenters. The van der Waals surface area contributed by atoms with Crippen LogP contribution in [-0.2, 0) is 12.8 Å². The topological polar surface area (TPSA) is 9.23 Å². The van der Waals surface area contributed by atoms with Crippen molar-refractivity contribution in [2.24, 2.45) is 17.8 Å². The Bertz CT molecular complexity index is 1020. The van der Waals surface area contributed by atoms with Crippen molar-refractivity contribution in [2.75, 3.05) is 13.3 Å². The van der Waals surface area contributed by atoms with E-state index in [0.717, 1.165) is 30.2 Å². The molecule has 5 heteroatoms. The zero-order valence-electron chi connectivity index (χ0n) is 21.3. The summed E-state index contributed by atoms with van der Waals surface area (Å²) in [5.74, 6) is 0.185. The molecule has 0 amide bonds. The molecule has 2 aliphatic carbocycles. The maximum Gasteiger partial charge on any atom is 0.200 e. The van der Waals surface area contributed by atoms with E-state index in [1.165, 1.54) is 50.7 Å². The number of halogens is 4. The van der Waals surface area contributed by atoms with Gasteiger partial charge >= 0.3 is 0 Å². The second-order valence-electron chi connectivity index (χ2n) is 10.5. The molecule has 2 fully saturated rings. The van der Waals surface area contributed by atoms with E-state index in [9.17, 15) is 17.6 Å². The minimum atomic E-state index is -0.984. The molecular weight excluding hydrogens is 464 g/mol. The van der Waals surface area contributed by atoms with Gasteiger partial charge in [-0.15, -0.1) is 0 Å². The van der Waals surface area contributed by atoms with Crippen molar-refractivity contribution in [3.8, 4) is 5.75 Å². The summed E-state index contributed by atoms with van der Waals surface area (Å²) in [4.78, 5) is 0. The molecule has 0 radical (unpaired) electrons. The van der Waals surface area contributed by atoms with Crippen LogP contribution in [0.25, 0.3) is 0 Å². The fourth-order valence-electron chi connectivity index (χ4n) is 6.30. The molecule has 196 valence electrons. The molecule has 2 aliphatic rings. The van der Waals surface area contributed by atoms with Crippen molar-refractivity contribution in [3.63, 3.8) is 0 Å². The summed E-state index contributed by atoms with van der Waals surface area (Å²) in [5, 5.41) is 0. The maximum atomic E-state index is 14.9. The van der Waals surface area contributed by atoms with Gasteiger partial charge in [-0.05, 0) is 124 Å². The summed E-state index contributed by atoms with van der Waals surface area (Å²) in [6, 6.07) is 8.43. The average Bonchev–Trinajstić information content (AvgIpc) is 2.91. The van der Waals surface area contributed by atoms with Gasteiger partial charge in [0.1, 0.15) is 12.5 Å². The lowest BCUT2D eigenvalue weighted by Crippen LogP contribution is -2.25. The Morgan fingerprint density at radius 2 is 1.44 bits per heavy atom. The van der Waals surface area contributed by atoms with E-state index in [2.05, 4.69) is 6.08 Å². The smallest absolute Gasteiger partial charge is 0.200 e. The number of alkyl halides is 1. The fraction of sp³-hybridized carbons (Fsp3) is 0.548.